The summed E-state index contributed by atoms with van der Waals surface area (Å²) in [4.78, 5) is 2.59. The van der Waals surface area contributed by atoms with Gasteiger partial charge >= 0.3 is 0 Å². The van der Waals surface area contributed by atoms with E-state index in [1.54, 1.807) is 0 Å². The number of hydrogen-bond donors (Lipinski definition) is 1. The summed E-state index contributed by atoms with van der Waals surface area (Å²) in [7, 11) is 2.31. The largest absolute Gasteiger partial charge is 0.381 e. The molecule has 0 radical (unpaired) electrons. The van der Waals surface area contributed by atoms with Gasteiger partial charge < -0.3 is 15.0 Å². The molecule has 0 saturated carbocycles. The summed E-state index contributed by atoms with van der Waals surface area (Å²) in [5, 5.41) is 3.73. The minimum absolute atomic E-state index is 0.771. The lowest BCUT2D eigenvalue weighted by atomic mass is 9.88. The summed E-state index contributed by atoms with van der Waals surface area (Å²) in [6, 6.07) is 2.44. The van der Waals surface area contributed by atoms with E-state index in [4.69, 9.17) is 4.74 Å². The van der Waals surface area contributed by atoms with E-state index in [2.05, 4.69) is 17.3 Å². The highest BCUT2D eigenvalue weighted by Gasteiger charge is 2.39. The Morgan fingerprint density at radius 3 is 2.62 bits per heavy atom. The van der Waals surface area contributed by atoms with Crippen molar-refractivity contribution in [1.82, 2.24) is 10.2 Å². The molecule has 0 spiro atoms. The minimum Gasteiger partial charge on any atom is -0.381 e. The highest BCUT2D eigenvalue weighted by Crippen LogP contribution is 2.34. The van der Waals surface area contributed by atoms with Crippen LogP contribution in [-0.4, -0.2) is 49.8 Å². The SMILES string of the molecule is CN(CC1CC2CCC1N2)C1CCOCC1. The zero-order chi connectivity index (χ0) is 11.0. The first-order valence-corrected chi connectivity index (χ1v) is 6.87. The van der Waals surface area contributed by atoms with Crippen molar-refractivity contribution < 1.29 is 4.74 Å². The maximum absolute atomic E-state index is 5.43. The molecule has 3 rings (SSSR count). The fourth-order valence-electron chi connectivity index (χ4n) is 3.78. The Hall–Kier alpha value is -0.120. The molecule has 3 nitrogen and oxygen atoms in total. The maximum Gasteiger partial charge on any atom is 0.0480 e. The molecule has 3 aliphatic rings. The van der Waals surface area contributed by atoms with Crippen LogP contribution in [0.5, 0.6) is 0 Å². The van der Waals surface area contributed by atoms with Gasteiger partial charge in [0.2, 0.25) is 0 Å². The fourth-order valence-corrected chi connectivity index (χ4v) is 3.78. The van der Waals surface area contributed by atoms with E-state index < -0.39 is 0 Å². The second kappa shape index (κ2) is 4.63. The molecule has 0 aromatic carbocycles. The quantitative estimate of drug-likeness (QED) is 0.780. The van der Waals surface area contributed by atoms with Crippen LogP contribution in [0.15, 0.2) is 0 Å². The third kappa shape index (κ3) is 2.13. The van der Waals surface area contributed by atoms with Crippen LogP contribution in [0.25, 0.3) is 0 Å². The van der Waals surface area contributed by atoms with Crippen LogP contribution < -0.4 is 5.32 Å². The molecule has 3 heterocycles. The van der Waals surface area contributed by atoms with Crippen molar-refractivity contribution in [1.29, 1.82) is 0 Å². The minimum atomic E-state index is 0.771. The molecule has 3 aliphatic heterocycles. The van der Waals surface area contributed by atoms with E-state index in [-0.39, 0.29) is 0 Å². The van der Waals surface area contributed by atoms with Crippen LogP contribution >= 0.6 is 0 Å². The van der Waals surface area contributed by atoms with Crippen molar-refractivity contribution in [3.63, 3.8) is 0 Å². The van der Waals surface area contributed by atoms with E-state index in [9.17, 15) is 0 Å². The molecule has 0 aromatic rings. The molecule has 16 heavy (non-hydrogen) atoms. The van der Waals surface area contributed by atoms with Gasteiger partial charge in [-0.1, -0.05) is 0 Å². The zero-order valence-electron chi connectivity index (χ0n) is 10.3. The normalized spacial score (nSPS) is 39.8. The van der Waals surface area contributed by atoms with Gasteiger partial charge in [-0.25, -0.2) is 0 Å². The first-order chi connectivity index (χ1) is 7.83. The fraction of sp³-hybridized carbons (Fsp3) is 1.00. The average molecular weight is 224 g/mol. The molecule has 0 amide bonds. The standard InChI is InChI=1S/C13H24N2O/c1-15(12-4-6-16-7-5-12)9-10-8-11-2-3-13(10)14-11/h10-14H,2-9H2,1H3. The van der Waals surface area contributed by atoms with E-state index in [1.807, 2.05) is 0 Å². The molecule has 2 bridgehead atoms. The van der Waals surface area contributed by atoms with Gasteiger partial charge in [0.25, 0.3) is 0 Å². The predicted octanol–water partition coefficient (Wildman–Crippen LogP) is 1.24. The maximum atomic E-state index is 5.43. The highest BCUT2D eigenvalue weighted by molar-refractivity contribution is 4.98. The number of ether oxygens (including phenoxy) is 1. The van der Waals surface area contributed by atoms with Gasteiger partial charge in [-0.3, -0.25) is 0 Å². The second-order valence-corrected chi connectivity index (χ2v) is 5.83. The van der Waals surface area contributed by atoms with Gasteiger partial charge in [-0.2, -0.15) is 0 Å². The number of nitrogens with zero attached hydrogens (tertiary/aromatic N) is 1. The van der Waals surface area contributed by atoms with Crippen molar-refractivity contribution in [2.24, 2.45) is 5.92 Å². The molecule has 0 aliphatic carbocycles. The Labute approximate surface area is 98.5 Å². The monoisotopic (exact) mass is 224 g/mol. The Morgan fingerprint density at radius 1 is 1.19 bits per heavy atom. The lowest BCUT2D eigenvalue weighted by Gasteiger charge is -2.34. The number of nitrogens with one attached hydrogen (secondary N) is 1. The third-order valence-electron chi connectivity index (χ3n) is 4.77. The Balaban J connectivity index is 1.50. The predicted molar refractivity (Wildman–Crippen MR) is 64.5 cm³/mol. The summed E-state index contributed by atoms with van der Waals surface area (Å²) >= 11 is 0. The summed E-state index contributed by atoms with van der Waals surface area (Å²) in [6.45, 7) is 3.22. The molecule has 3 heteroatoms. The van der Waals surface area contributed by atoms with Gasteiger partial charge in [0.15, 0.2) is 0 Å². The molecule has 3 fully saturated rings. The van der Waals surface area contributed by atoms with E-state index in [0.717, 1.165) is 37.3 Å². The third-order valence-corrected chi connectivity index (χ3v) is 4.77. The van der Waals surface area contributed by atoms with Gasteiger partial charge in [0, 0.05) is 37.9 Å². The smallest absolute Gasteiger partial charge is 0.0480 e. The van der Waals surface area contributed by atoms with Crippen molar-refractivity contribution >= 4 is 0 Å². The van der Waals surface area contributed by atoms with Crippen molar-refractivity contribution in [3.05, 3.63) is 0 Å². The van der Waals surface area contributed by atoms with Crippen LogP contribution in [0.4, 0.5) is 0 Å². The van der Waals surface area contributed by atoms with Crippen LogP contribution in [-0.2, 0) is 4.74 Å². The molecule has 3 saturated heterocycles. The highest BCUT2D eigenvalue weighted by atomic mass is 16.5. The molecule has 92 valence electrons. The zero-order valence-corrected chi connectivity index (χ0v) is 10.3. The molecule has 1 N–H and O–H groups in total. The summed E-state index contributed by atoms with van der Waals surface area (Å²) in [5.74, 6) is 0.909. The molecular weight excluding hydrogens is 200 g/mol. The van der Waals surface area contributed by atoms with E-state index >= 15 is 0 Å². The summed E-state index contributed by atoms with van der Waals surface area (Å²) < 4.78 is 5.43. The van der Waals surface area contributed by atoms with Crippen molar-refractivity contribution in [3.8, 4) is 0 Å². The summed E-state index contributed by atoms with van der Waals surface area (Å²) in [5.41, 5.74) is 0. The van der Waals surface area contributed by atoms with Crippen LogP contribution in [0.3, 0.4) is 0 Å². The van der Waals surface area contributed by atoms with Crippen LogP contribution in [0, 0.1) is 5.92 Å². The Kier molecular flexibility index (Phi) is 3.18. The van der Waals surface area contributed by atoms with Gasteiger partial charge in [-0.05, 0) is 45.1 Å². The number of fused-ring (bicyclic) bond motifs is 2. The van der Waals surface area contributed by atoms with Crippen molar-refractivity contribution in [2.75, 3.05) is 26.8 Å². The topological polar surface area (TPSA) is 24.5 Å². The lowest BCUT2D eigenvalue weighted by Crippen LogP contribution is -2.41. The average Bonchev–Trinajstić information content (AvgIpc) is 2.92. The van der Waals surface area contributed by atoms with Gasteiger partial charge in [0.05, 0.1) is 0 Å². The Bertz CT molecular complexity index is 240. The molecule has 3 atom stereocenters. The lowest BCUT2D eigenvalue weighted by molar-refractivity contribution is 0.0370. The molecule has 0 aromatic heterocycles. The second-order valence-electron chi connectivity index (χ2n) is 5.83. The number of rotatable bonds is 3. The number of hydrogen-bond acceptors (Lipinski definition) is 3. The van der Waals surface area contributed by atoms with Crippen molar-refractivity contribution in [2.45, 2.75) is 50.2 Å². The first kappa shape index (κ1) is 11.0. The van der Waals surface area contributed by atoms with Crippen LogP contribution in [0.1, 0.15) is 32.1 Å². The molecule has 3 unspecified atom stereocenters. The van der Waals surface area contributed by atoms with E-state index in [1.165, 1.54) is 38.6 Å². The first-order valence-electron chi connectivity index (χ1n) is 6.87. The summed E-state index contributed by atoms with van der Waals surface area (Å²) in [6.07, 6.45) is 6.70. The molecular formula is C13H24N2O. The van der Waals surface area contributed by atoms with Gasteiger partial charge in [-0.15, -0.1) is 0 Å². The van der Waals surface area contributed by atoms with E-state index in [0.29, 0.717) is 0 Å². The van der Waals surface area contributed by atoms with Gasteiger partial charge in [0.1, 0.15) is 0 Å². The van der Waals surface area contributed by atoms with Crippen LogP contribution in [0.2, 0.25) is 0 Å². The Morgan fingerprint density at radius 2 is 2.00 bits per heavy atom.